The van der Waals surface area contributed by atoms with Crippen LogP contribution in [0.2, 0.25) is 0 Å². The number of rotatable bonds is 4. The third-order valence-electron chi connectivity index (χ3n) is 2.35. The summed E-state index contributed by atoms with van der Waals surface area (Å²) in [6.45, 7) is 8.21. The van der Waals surface area contributed by atoms with Gasteiger partial charge in [0.15, 0.2) is 0 Å². The Morgan fingerprint density at radius 3 is 2.63 bits per heavy atom. The van der Waals surface area contributed by atoms with Gasteiger partial charge in [0.05, 0.1) is 5.69 Å². The molecule has 0 heterocycles. The van der Waals surface area contributed by atoms with Crippen LogP contribution in [0.5, 0.6) is 5.75 Å². The van der Waals surface area contributed by atoms with Crippen LogP contribution in [-0.2, 0) is 4.74 Å². The summed E-state index contributed by atoms with van der Waals surface area (Å²) in [6.07, 6.45) is -0.442. The van der Waals surface area contributed by atoms with Crippen molar-refractivity contribution in [1.29, 1.82) is 0 Å². The molecule has 0 spiro atoms. The zero-order chi connectivity index (χ0) is 14.5. The Bertz CT molecular complexity index is 439. The zero-order valence-corrected chi connectivity index (χ0v) is 11.9. The number of ether oxygens (including phenoxy) is 1. The van der Waals surface area contributed by atoms with Gasteiger partial charge in [-0.25, -0.2) is 4.79 Å². The number of carbonyl (C=O) groups is 1. The molecule has 0 saturated heterocycles. The molecular weight excluding hydrogens is 244 g/mol. The fourth-order valence-corrected chi connectivity index (χ4v) is 1.48. The molecule has 0 unspecified atom stereocenters. The molecule has 1 aromatic carbocycles. The molecule has 0 fully saturated rings. The van der Waals surface area contributed by atoms with E-state index >= 15 is 0 Å². The van der Waals surface area contributed by atoms with E-state index in [9.17, 15) is 9.90 Å². The van der Waals surface area contributed by atoms with Crippen LogP contribution >= 0.6 is 0 Å². The molecule has 1 rings (SSSR count). The Kier molecular flexibility index (Phi) is 5.03. The highest BCUT2D eigenvalue weighted by atomic mass is 16.6. The van der Waals surface area contributed by atoms with E-state index in [0.717, 1.165) is 5.56 Å². The lowest BCUT2D eigenvalue weighted by Gasteiger charge is -2.19. The van der Waals surface area contributed by atoms with E-state index in [4.69, 9.17) is 4.74 Å². The van der Waals surface area contributed by atoms with Gasteiger partial charge in [0.1, 0.15) is 11.4 Å². The number of para-hydroxylation sites is 1. The minimum Gasteiger partial charge on any atom is -0.506 e. The van der Waals surface area contributed by atoms with Crippen LogP contribution < -0.4 is 10.6 Å². The minimum absolute atomic E-state index is 0.236. The molecule has 1 aromatic rings. The van der Waals surface area contributed by atoms with Crippen LogP contribution in [-0.4, -0.2) is 29.9 Å². The van der Waals surface area contributed by atoms with E-state index < -0.39 is 11.7 Å². The number of anilines is 1. The Morgan fingerprint density at radius 1 is 1.32 bits per heavy atom. The summed E-state index contributed by atoms with van der Waals surface area (Å²) in [5.41, 5.74) is 0.975. The quantitative estimate of drug-likeness (QED) is 0.579. The molecule has 19 heavy (non-hydrogen) atoms. The first kappa shape index (κ1) is 15.1. The summed E-state index contributed by atoms with van der Waals surface area (Å²) < 4.78 is 5.11. The van der Waals surface area contributed by atoms with Gasteiger partial charge >= 0.3 is 6.09 Å². The first-order valence-electron chi connectivity index (χ1n) is 6.29. The van der Waals surface area contributed by atoms with Crippen LogP contribution in [0.15, 0.2) is 18.2 Å². The van der Waals surface area contributed by atoms with Gasteiger partial charge < -0.3 is 20.5 Å². The average molecular weight is 266 g/mol. The first-order valence-corrected chi connectivity index (χ1v) is 6.29. The summed E-state index contributed by atoms with van der Waals surface area (Å²) >= 11 is 0. The van der Waals surface area contributed by atoms with E-state index in [-0.39, 0.29) is 5.75 Å². The summed E-state index contributed by atoms with van der Waals surface area (Å²) in [6, 6.07) is 5.48. The van der Waals surface area contributed by atoms with Crippen LogP contribution in [0.4, 0.5) is 10.5 Å². The van der Waals surface area contributed by atoms with Crippen molar-refractivity contribution in [3.05, 3.63) is 23.8 Å². The first-order chi connectivity index (χ1) is 8.79. The zero-order valence-electron chi connectivity index (χ0n) is 11.9. The van der Waals surface area contributed by atoms with Gasteiger partial charge in [0.25, 0.3) is 0 Å². The second kappa shape index (κ2) is 6.31. The normalized spacial score (nSPS) is 10.9. The van der Waals surface area contributed by atoms with Crippen molar-refractivity contribution in [3.8, 4) is 5.75 Å². The number of phenols is 1. The molecule has 3 N–H and O–H groups in total. The van der Waals surface area contributed by atoms with Gasteiger partial charge in [-0.05, 0) is 39.3 Å². The molecule has 0 aliphatic rings. The summed E-state index contributed by atoms with van der Waals surface area (Å²) in [5.74, 6) is 0.236. The molecule has 0 bridgehead atoms. The molecule has 1 amide bonds. The average Bonchev–Trinajstić information content (AvgIpc) is 2.27. The number of aromatic hydroxyl groups is 1. The number of nitrogens with one attached hydrogen (secondary N) is 2. The van der Waals surface area contributed by atoms with E-state index in [1.165, 1.54) is 0 Å². The highest BCUT2D eigenvalue weighted by Gasteiger charge is 2.15. The van der Waals surface area contributed by atoms with Gasteiger partial charge in [-0.2, -0.15) is 0 Å². The van der Waals surface area contributed by atoms with E-state index in [0.29, 0.717) is 18.8 Å². The number of phenolic OH excluding ortho intramolecular Hbond substituents is 1. The molecule has 0 aliphatic heterocycles. The molecule has 0 radical (unpaired) electrons. The van der Waals surface area contributed by atoms with Crippen LogP contribution in [0.3, 0.4) is 0 Å². The molecule has 5 nitrogen and oxygen atoms in total. The van der Waals surface area contributed by atoms with E-state index in [1.807, 2.05) is 39.8 Å². The summed E-state index contributed by atoms with van der Waals surface area (Å²) in [4.78, 5) is 11.4. The lowest BCUT2D eigenvalue weighted by molar-refractivity contribution is 0.0530. The van der Waals surface area contributed by atoms with Gasteiger partial charge in [-0.15, -0.1) is 0 Å². The van der Waals surface area contributed by atoms with E-state index in [2.05, 4.69) is 10.6 Å². The molecule has 106 valence electrons. The summed E-state index contributed by atoms with van der Waals surface area (Å²) in [7, 11) is 0. The van der Waals surface area contributed by atoms with Crippen LogP contribution in [0.25, 0.3) is 0 Å². The van der Waals surface area contributed by atoms with Crippen LogP contribution in [0, 0.1) is 6.92 Å². The lowest BCUT2D eigenvalue weighted by atomic mass is 10.2. The topological polar surface area (TPSA) is 70.6 Å². The molecule has 0 atom stereocenters. The number of aryl methyl sites for hydroxylation is 1. The van der Waals surface area contributed by atoms with Crippen LogP contribution in [0.1, 0.15) is 26.3 Å². The smallest absolute Gasteiger partial charge is 0.407 e. The Labute approximate surface area is 114 Å². The number of hydrogen-bond donors (Lipinski definition) is 3. The van der Waals surface area contributed by atoms with Crippen molar-refractivity contribution in [2.45, 2.75) is 33.3 Å². The highest BCUT2D eigenvalue weighted by Crippen LogP contribution is 2.25. The molecule has 0 aromatic heterocycles. The van der Waals surface area contributed by atoms with Crippen molar-refractivity contribution in [2.75, 3.05) is 18.4 Å². The minimum atomic E-state index is -0.494. The predicted octanol–water partition coefficient (Wildman–Crippen LogP) is 2.64. The molecule has 0 aliphatic carbocycles. The highest BCUT2D eigenvalue weighted by molar-refractivity contribution is 5.67. The second-order valence-electron chi connectivity index (χ2n) is 5.33. The molecule has 5 heteroatoms. The fourth-order valence-electron chi connectivity index (χ4n) is 1.48. The maximum absolute atomic E-state index is 11.4. The Morgan fingerprint density at radius 2 is 2.00 bits per heavy atom. The second-order valence-corrected chi connectivity index (χ2v) is 5.33. The number of alkyl carbamates (subject to hydrolysis) is 1. The van der Waals surface area contributed by atoms with Gasteiger partial charge in [-0.1, -0.05) is 12.1 Å². The SMILES string of the molecule is Cc1cccc(NCCNC(=O)OC(C)(C)C)c1O. The van der Waals surface area contributed by atoms with Gasteiger partial charge in [-0.3, -0.25) is 0 Å². The number of benzene rings is 1. The van der Waals surface area contributed by atoms with Crippen molar-refractivity contribution in [1.82, 2.24) is 5.32 Å². The van der Waals surface area contributed by atoms with E-state index in [1.54, 1.807) is 6.07 Å². The number of hydrogen-bond acceptors (Lipinski definition) is 4. The molecule has 0 saturated carbocycles. The van der Waals surface area contributed by atoms with Crippen molar-refractivity contribution >= 4 is 11.8 Å². The number of carbonyl (C=O) groups excluding carboxylic acids is 1. The van der Waals surface area contributed by atoms with Gasteiger partial charge in [0.2, 0.25) is 0 Å². The fraction of sp³-hybridized carbons (Fsp3) is 0.500. The molecular formula is C14H22N2O3. The maximum atomic E-state index is 11.4. The number of amides is 1. The lowest BCUT2D eigenvalue weighted by Crippen LogP contribution is -2.35. The third-order valence-corrected chi connectivity index (χ3v) is 2.35. The van der Waals surface area contributed by atoms with Crippen molar-refractivity contribution in [3.63, 3.8) is 0 Å². The third kappa shape index (κ3) is 5.50. The Balaban J connectivity index is 2.32. The van der Waals surface area contributed by atoms with Gasteiger partial charge in [0, 0.05) is 13.1 Å². The predicted molar refractivity (Wildman–Crippen MR) is 75.6 cm³/mol. The monoisotopic (exact) mass is 266 g/mol. The van der Waals surface area contributed by atoms with Crippen molar-refractivity contribution in [2.24, 2.45) is 0 Å². The Hall–Kier alpha value is -1.91. The maximum Gasteiger partial charge on any atom is 0.407 e. The van der Waals surface area contributed by atoms with Crippen molar-refractivity contribution < 1.29 is 14.6 Å². The standard InChI is InChI=1S/C14H22N2O3/c1-10-6-5-7-11(12(10)17)15-8-9-16-13(18)19-14(2,3)4/h5-7,15,17H,8-9H2,1-4H3,(H,16,18). The summed E-state index contributed by atoms with van der Waals surface area (Å²) in [5, 5.41) is 15.5. The largest absolute Gasteiger partial charge is 0.506 e.